The van der Waals surface area contributed by atoms with Crippen molar-refractivity contribution in [2.75, 3.05) is 12.4 Å². The average molecular weight is 323 g/mol. The normalized spacial score (nSPS) is 10.6. The van der Waals surface area contributed by atoms with Crippen molar-refractivity contribution in [3.63, 3.8) is 0 Å². The molecule has 0 aliphatic heterocycles. The lowest BCUT2D eigenvalue weighted by Gasteiger charge is -2.07. The Labute approximate surface area is 139 Å². The molecule has 0 bridgehead atoms. The number of hydrogen-bond acceptors (Lipinski definition) is 4. The minimum absolute atomic E-state index is 0.239. The van der Waals surface area contributed by atoms with E-state index < -0.39 is 5.97 Å². The third kappa shape index (κ3) is 2.86. The van der Waals surface area contributed by atoms with Crippen LogP contribution in [0.3, 0.4) is 0 Å². The van der Waals surface area contributed by atoms with Crippen molar-refractivity contribution < 1.29 is 14.3 Å². The zero-order valence-electron chi connectivity index (χ0n) is 13.4. The Kier molecular flexibility index (Phi) is 4.29. The first-order valence-corrected chi connectivity index (χ1v) is 7.59. The van der Waals surface area contributed by atoms with Gasteiger partial charge < -0.3 is 10.1 Å². The summed E-state index contributed by atoms with van der Waals surface area (Å²) < 4.78 is 6.43. The number of carbonyl (C=O) groups excluding carboxylic acids is 2. The van der Waals surface area contributed by atoms with E-state index in [1.165, 1.54) is 7.11 Å². The maximum Gasteiger partial charge on any atom is 0.337 e. The van der Waals surface area contributed by atoms with Crippen molar-refractivity contribution in [3.05, 3.63) is 65.6 Å². The van der Waals surface area contributed by atoms with Gasteiger partial charge in [0.25, 0.3) is 5.91 Å². The van der Waals surface area contributed by atoms with Crippen molar-refractivity contribution in [2.24, 2.45) is 0 Å². The monoisotopic (exact) mass is 323 g/mol. The van der Waals surface area contributed by atoms with E-state index in [0.29, 0.717) is 23.4 Å². The van der Waals surface area contributed by atoms with Gasteiger partial charge in [-0.2, -0.15) is 0 Å². The van der Waals surface area contributed by atoms with E-state index in [2.05, 4.69) is 15.0 Å². The molecule has 0 aliphatic rings. The number of rotatable bonds is 4. The highest BCUT2D eigenvalue weighted by Gasteiger charge is 2.18. The SMILES string of the molecule is CCc1nc2ccccn2c1C(=O)Nc1ccc(C(=O)OC)cc1. The maximum atomic E-state index is 12.7. The Balaban J connectivity index is 1.89. The van der Waals surface area contributed by atoms with Crippen LogP contribution in [0.25, 0.3) is 5.65 Å². The molecule has 1 N–H and O–H groups in total. The van der Waals surface area contributed by atoms with Crippen molar-refractivity contribution >= 4 is 23.2 Å². The zero-order chi connectivity index (χ0) is 17.1. The molecule has 2 aromatic heterocycles. The van der Waals surface area contributed by atoms with E-state index in [9.17, 15) is 9.59 Å². The number of nitrogens with one attached hydrogen (secondary N) is 1. The fraction of sp³-hybridized carbons (Fsp3) is 0.167. The molecule has 6 nitrogen and oxygen atoms in total. The minimum Gasteiger partial charge on any atom is -0.465 e. The van der Waals surface area contributed by atoms with Crippen LogP contribution in [0, 0.1) is 0 Å². The molecule has 24 heavy (non-hydrogen) atoms. The molecule has 122 valence electrons. The van der Waals surface area contributed by atoms with Gasteiger partial charge in [-0.1, -0.05) is 13.0 Å². The van der Waals surface area contributed by atoms with E-state index >= 15 is 0 Å². The highest BCUT2D eigenvalue weighted by molar-refractivity contribution is 6.04. The quantitative estimate of drug-likeness (QED) is 0.749. The minimum atomic E-state index is -0.414. The van der Waals surface area contributed by atoms with Crippen LogP contribution < -0.4 is 5.32 Å². The van der Waals surface area contributed by atoms with E-state index in [1.54, 1.807) is 28.7 Å². The van der Waals surface area contributed by atoms with Gasteiger partial charge in [0.2, 0.25) is 0 Å². The number of nitrogens with zero attached hydrogens (tertiary/aromatic N) is 2. The number of ether oxygens (including phenoxy) is 1. The highest BCUT2D eigenvalue weighted by Crippen LogP contribution is 2.17. The number of fused-ring (bicyclic) bond motifs is 1. The van der Waals surface area contributed by atoms with Gasteiger partial charge in [-0.25, -0.2) is 9.78 Å². The fourth-order valence-electron chi connectivity index (χ4n) is 2.53. The molecule has 0 aliphatic carbocycles. The molecule has 0 spiro atoms. The Morgan fingerprint density at radius 2 is 1.92 bits per heavy atom. The van der Waals surface area contributed by atoms with Crippen LogP contribution in [0.5, 0.6) is 0 Å². The fourth-order valence-corrected chi connectivity index (χ4v) is 2.53. The Bertz CT molecular complexity index is 898. The topological polar surface area (TPSA) is 72.7 Å². The van der Waals surface area contributed by atoms with Crippen molar-refractivity contribution in [3.8, 4) is 0 Å². The molecule has 2 heterocycles. The first-order valence-electron chi connectivity index (χ1n) is 7.59. The molecule has 0 unspecified atom stereocenters. The van der Waals surface area contributed by atoms with E-state index in [1.807, 2.05) is 31.3 Å². The van der Waals surface area contributed by atoms with Crippen LogP contribution in [0.1, 0.15) is 33.5 Å². The summed E-state index contributed by atoms with van der Waals surface area (Å²) in [5, 5.41) is 2.84. The van der Waals surface area contributed by atoms with Gasteiger partial charge in [-0.05, 0) is 42.8 Å². The number of esters is 1. The summed E-state index contributed by atoms with van der Waals surface area (Å²) in [6.07, 6.45) is 2.47. The molecule has 1 amide bonds. The number of pyridine rings is 1. The lowest BCUT2D eigenvalue weighted by molar-refractivity contribution is 0.0600. The molecule has 0 radical (unpaired) electrons. The van der Waals surface area contributed by atoms with E-state index in [-0.39, 0.29) is 5.91 Å². The zero-order valence-corrected chi connectivity index (χ0v) is 13.4. The number of methoxy groups -OCH3 is 1. The third-order valence-electron chi connectivity index (χ3n) is 3.72. The molecule has 3 rings (SSSR count). The first-order chi connectivity index (χ1) is 11.6. The standard InChI is InChI=1S/C18H17N3O3/c1-3-14-16(21-11-5-4-6-15(21)20-14)17(22)19-13-9-7-12(8-10-13)18(23)24-2/h4-11H,3H2,1-2H3,(H,19,22). The largest absolute Gasteiger partial charge is 0.465 e. The number of anilines is 1. The lowest BCUT2D eigenvalue weighted by atomic mass is 10.2. The van der Waals surface area contributed by atoms with Gasteiger partial charge >= 0.3 is 5.97 Å². The molecule has 1 aromatic carbocycles. The van der Waals surface area contributed by atoms with E-state index in [0.717, 1.165) is 11.3 Å². The number of carbonyl (C=O) groups is 2. The smallest absolute Gasteiger partial charge is 0.337 e. The summed E-state index contributed by atoms with van der Waals surface area (Å²) in [4.78, 5) is 28.6. The Morgan fingerprint density at radius 3 is 2.58 bits per heavy atom. The van der Waals surface area contributed by atoms with E-state index in [4.69, 9.17) is 0 Å². The molecule has 0 fully saturated rings. The summed E-state index contributed by atoms with van der Waals surface area (Å²) >= 11 is 0. The average Bonchev–Trinajstić information content (AvgIpc) is 3.00. The van der Waals surface area contributed by atoms with Crippen LogP contribution >= 0.6 is 0 Å². The van der Waals surface area contributed by atoms with Crippen molar-refractivity contribution in [1.82, 2.24) is 9.38 Å². The summed E-state index contributed by atoms with van der Waals surface area (Å²) in [5.74, 6) is -0.653. The second-order valence-electron chi connectivity index (χ2n) is 5.21. The molecule has 0 saturated carbocycles. The number of benzene rings is 1. The first kappa shape index (κ1) is 15.7. The van der Waals surface area contributed by atoms with Crippen LogP contribution in [-0.4, -0.2) is 28.4 Å². The number of hydrogen-bond donors (Lipinski definition) is 1. The molecule has 3 aromatic rings. The molecule has 6 heteroatoms. The van der Waals surface area contributed by atoms with Crippen molar-refractivity contribution in [1.29, 1.82) is 0 Å². The van der Waals surface area contributed by atoms with Gasteiger partial charge in [0.05, 0.1) is 18.4 Å². The van der Waals surface area contributed by atoms with Crippen molar-refractivity contribution in [2.45, 2.75) is 13.3 Å². The van der Waals surface area contributed by atoms with Crippen LogP contribution in [0.2, 0.25) is 0 Å². The molecule has 0 saturated heterocycles. The third-order valence-corrected chi connectivity index (χ3v) is 3.72. The number of aryl methyl sites for hydroxylation is 1. The Hall–Kier alpha value is -3.15. The van der Waals surface area contributed by atoms with Gasteiger partial charge in [0.15, 0.2) is 0 Å². The van der Waals surface area contributed by atoms with Crippen LogP contribution in [0.15, 0.2) is 48.7 Å². The summed E-state index contributed by atoms with van der Waals surface area (Å²) in [6, 6.07) is 12.2. The van der Waals surface area contributed by atoms with Crippen LogP contribution in [0.4, 0.5) is 5.69 Å². The molecular formula is C18H17N3O3. The lowest BCUT2D eigenvalue weighted by Crippen LogP contribution is -2.16. The summed E-state index contributed by atoms with van der Waals surface area (Å²) in [5.41, 5.74) is 3.02. The molecular weight excluding hydrogens is 306 g/mol. The maximum absolute atomic E-state index is 12.7. The predicted molar refractivity (Wildman–Crippen MR) is 90.3 cm³/mol. The van der Waals surface area contributed by atoms with Gasteiger partial charge in [-0.3, -0.25) is 9.20 Å². The second kappa shape index (κ2) is 6.54. The van der Waals surface area contributed by atoms with Gasteiger partial charge in [0.1, 0.15) is 11.3 Å². The predicted octanol–water partition coefficient (Wildman–Crippen LogP) is 2.94. The summed E-state index contributed by atoms with van der Waals surface area (Å²) in [7, 11) is 1.33. The number of imidazole rings is 1. The van der Waals surface area contributed by atoms with Crippen LogP contribution in [-0.2, 0) is 11.2 Å². The van der Waals surface area contributed by atoms with Gasteiger partial charge in [-0.15, -0.1) is 0 Å². The summed E-state index contributed by atoms with van der Waals surface area (Å²) in [6.45, 7) is 1.96. The number of aromatic nitrogens is 2. The molecule has 0 atom stereocenters. The van der Waals surface area contributed by atoms with Gasteiger partial charge in [0, 0.05) is 11.9 Å². The number of amides is 1. The highest BCUT2D eigenvalue weighted by atomic mass is 16.5. The Morgan fingerprint density at radius 1 is 1.17 bits per heavy atom. The second-order valence-corrected chi connectivity index (χ2v) is 5.21.